The summed E-state index contributed by atoms with van der Waals surface area (Å²) in [6.07, 6.45) is 6.03. The van der Waals surface area contributed by atoms with Crippen LogP contribution in [-0.2, 0) is 6.54 Å². The van der Waals surface area contributed by atoms with Crippen LogP contribution in [0.5, 0.6) is 0 Å². The second-order valence-corrected chi connectivity index (χ2v) is 3.15. The van der Waals surface area contributed by atoms with Gasteiger partial charge >= 0.3 is 0 Å². The lowest BCUT2D eigenvalue weighted by molar-refractivity contribution is 0.676. The van der Waals surface area contributed by atoms with Crippen molar-refractivity contribution < 1.29 is 0 Å². The first-order valence-corrected chi connectivity index (χ1v) is 4.89. The molecule has 0 amide bonds. The molecular weight excluding hydrogens is 170 g/mol. The maximum Gasteiger partial charge on any atom is 0.0435 e. The molecule has 0 aliphatic rings. The smallest absolute Gasteiger partial charge is 0.0435 e. The highest BCUT2D eigenvalue weighted by Crippen LogP contribution is 1.99. The molecule has 0 aliphatic carbocycles. The van der Waals surface area contributed by atoms with Crippen LogP contribution in [-0.4, -0.2) is 6.04 Å². The molecule has 14 heavy (non-hydrogen) atoms. The fraction of sp³-hybridized carbons (Fsp3) is 0.231. The monoisotopic (exact) mass is 187 g/mol. The highest BCUT2D eigenvalue weighted by atomic mass is 14.9. The van der Waals surface area contributed by atoms with E-state index < -0.39 is 0 Å². The molecule has 1 nitrogen and oxygen atoms in total. The second kappa shape index (κ2) is 6.17. The van der Waals surface area contributed by atoms with Crippen molar-refractivity contribution in [1.82, 2.24) is 5.32 Å². The van der Waals surface area contributed by atoms with Gasteiger partial charge in [0.1, 0.15) is 0 Å². The van der Waals surface area contributed by atoms with E-state index in [-0.39, 0.29) is 6.04 Å². The Morgan fingerprint density at radius 1 is 1.36 bits per heavy atom. The molecule has 1 heteroatoms. The summed E-state index contributed by atoms with van der Waals surface area (Å²) in [6.45, 7) is 6.67. The maximum absolute atomic E-state index is 3.78. The highest BCUT2D eigenvalue weighted by molar-refractivity contribution is 5.15. The third-order valence-electron chi connectivity index (χ3n) is 2.04. The van der Waals surface area contributed by atoms with Crippen molar-refractivity contribution in [3.63, 3.8) is 0 Å². The van der Waals surface area contributed by atoms with Gasteiger partial charge in [-0.1, -0.05) is 48.6 Å². The molecule has 1 N–H and O–H groups in total. The third kappa shape index (κ3) is 3.58. The average molecular weight is 187 g/mol. The fourth-order valence-corrected chi connectivity index (χ4v) is 1.27. The molecule has 1 aromatic rings. The third-order valence-corrected chi connectivity index (χ3v) is 2.04. The van der Waals surface area contributed by atoms with Gasteiger partial charge in [-0.15, -0.1) is 6.58 Å². The van der Waals surface area contributed by atoms with E-state index in [0.29, 0.717) is 0 Å². The van der Waals surface area contributed by atoms with Gasteiger partial charge in [-0.25, -0.2) is 0 Å². The zero-order chi connectivity index (χ0) is 10.2. The summed E-state index contributed by atoms with van der Waals surface area (Å²) in [5.74, 6) is 0. The van der Waals surface area contributed by atoms with Crippen LogP contribution in [0.15, 0.2) is 55.1 Å². The summed E-state index contributed by atoms with van der Waals surface area (Å²) in [5, 5.41) is 3.38. The van der Waals surface area contributed by atoms with Crippen molar-refractivity contribution in [3.8, 4) is 0 Å². The first-order valence-electron chi connectivity index (χ1n) is 4.89. The average Bonchev–Trinajstić information content (AvgIpc) is 2.25. The first kappa shape index (κ1) is 10.7. The molecule has 0 saturated heterocycles. The largest absolute Gasteiger partial charge is 0.303 e. The Hall–Kier alpha value is -1.34. The van der Waals surface area contributed by atoms with Gasteiger partial charge in [0.2, 0.25) is 0 Å². The van der Waals surface area contributed by atoms with Gasteiger partial charge in [0.25, 0.3) is 0 Å². The molecule has 1 rings (SSSR count). The summed E-state index contributed by atoms with van der Waals surface area (Å²) in [7, 11) is 0. The van der Waals surface area contributed by atoms with Gasteiger partial charge < -0.3 is 5.32 Å². The molecule has 1 aromatic carbocycles. The number of hydrogen-bond donors (Lipinski definition) is 1. The molecule has 74 valence electrons. The minimum Gasteiger partial charge on any atom is -0.303 e. The Bertz CT molecular complexity index is 287. The molecule has 0 fully saturated rings. The SMILES string of the molecule is C=CC(/C=C/C)NCc1ccccc1. The van der Waals surface area contributed by atoms with E-state index >= 15 is 0 Å². The Morgan fingerprint density at radius 3 is 2.64 bits per heavy atom. The Morgan fingerprint density at radius 2 is 2.07 bits per heavy atom. The van der Waals surface area contributed by atoms with Gasteiger partial charge in [-0.05, 0) is 12.5 Å². The lowest BCUT2D eigenvalue weighted by Gasteiger charge is -2.09. The van der Waals surface area contributed by atoms with Crippen molar-refractivity contribution in [2.24, 2.45) is 0 Å². The van der Waals surface area contributed by atoms with Crippen molar-refractivity contribution >= 4 is 0 Å². The first-order chi connectivity index (χ1) is 6.86. The predicted octanol–water partition coefficient (Wildman–Crippen LogP) is 2.91. The molecule has 0 radical (unpaired) electrons. The molecule has 0 saturated carbocycles. The number of rotatable bonds is 5. The molecule has 1 atom stereocenters. The van der Waals surface area contributed by atoms with Crippen molar-refractivity contribution in [3.05, 3.63) is 60.7 Å². The number of benzene rings is 1. The van der Waals surface area contributed by atoms with Crippen LogP contribution in [0.1, 0.15) is 12.5 Å². The van der Waals surface area contributed by atoms with Crippen LogP contribution >= 0.6 is 0 Å². The van der Waals surface area contributed by atoms with Crippen LogP contribution in [0.2, 0.25) is 0 Å². The van der Waals surface area contributed by atoms with Gasteiger partial charge in [0, 0.05) is 12.6 Å². The van der Waals surface area contributed by atoms with Gasteiger partial charge in [-0.2, -0.15) is 0 Å². The van der Waals surface area contributed by atoms with E-state index in [9.17, 15) is 0 Å². The summed E-state index contributed by atoms with van der Waals surface area (Å²) >= 11 is 0. The molecule has 0 aromatic heterocycles. The molecule has 1 unspecified atom stereocenters. The second-order valence-electron chi connectivity index (χ2n) is 3.15. The Balaban J connectivity index is 2.43. The van der Waals surface area contributed by atoms with Crippen LogP contribution < -0.4 is 5.32 Å². The van der Waals surface area contributed by atoms with Gasteiger partial charge in [0.05, 0.1) is 0 Å². The Labute approximate surface area is 86.2 Å². The van der Waals surface area contributed by atoms with Crippen LogP contribution in [0.25, 0.3) is 0 Å². The minimum atomic E-state index is 0.264. The Kier molecular flexibility index (Phi) is 4.73. The van der Waals surface area contributed by atoms with Gasteiger partial charge in [-0.3, -0.25) is 0 Å². The molecule has 0 heterocycles. The lowest BCUT2D eigenvalue weighted by Crippen LogP contribution is -2.24. The number of hydrogen-bond acceptors (Lipinski definition) is 1. The van der Waals surface area contributed by atoms with E-state index in [4.69, 9.17) is 0 Å². The number of allylic oxidation sites excluding steroid dienone is 1. The normalized spacial score (nSPS) is 12.9. The van der Waals surface area contributed by atoms with Crippen molar-refractivity contribution in [2.75, 3.05) is 0 Å². The fourth-order valence-electron chi connectivity index (χ4n) is 1.27. The molecule has 0 bridgehead atoms. The maximum atomic E-state index is 3.78. The zero-order valence-corrected chi connectivity index (χ0v) is 8.61. The van der Waals surface area contributed by atoms with Crippen LogP contribution in [0, 0.1) is 0 Å². The summed E-state index contributed by atoms with van der Waals surface area (Å²) in [4.78, 5) is 0. The van der Waals surface area contributed by atoms with Crippen LogP contribution in [0.4, 0.5) is 0 Å². The standard InChI is InChI=1S/C13H17N/c1-3-8-13(4-2)14-11-12-9-6-5-7-10-12/h3-10,13-14H,2,11H2,1H3/b8-3+. The summed E-state index contributed by atoms with van der Waals surface area (Å²) in [6, 6.07) is 10.6. The van der Waals surface area contributed by atoms with E-state index in [2.05, 4.69) is 42.2 Å². The number of nitrogens with one attached hydrogen (secondary N) is 1. The topological polar surface area (TPSA) is 12.0 Å². The van der Waals surface area contributed by atoms with E-state index in [1.165, 1.54) is 5.56 Å². The van der Waals surface area contributed by atoms with E-state index in [0.717, 1.165) is 6.54 Å². The molecular formula is C13H17N. The van der Waals surface area contributed by atoms with Crippen LogP contribution in [0.3, 0.4) is 0 Å². The van der Waals surface area contributed by atoms with E-state index in [1.807, 2.05) is 25.1 Å². The molecule has 0 aliphatic heterocycles. The van der Waals surface area contributed by atoms with E-state index in [1.54, 1.807) is 0 Å². The quantitative estimate of drug-likeness (QED) is 0.699. The minimum absolute atomic E-state index is 0.264. The van der Waals surface area contributed by atoms with Crippen molar-refractivity contribution in [2.45, 2.75) is 19.5 Å². The molecule has 0 spiro atoms. The predicted molar refractivity (Wildman–Crippen MR) is 62.1 cm³/mol. The summed E-state index contributed by atoms with van der Waals surface area (Å²) in [5.41, 5.74) is 1.30. The zero-order valence-electron chi connectivity index (χ0n) is 8.61. The highest BCUT2D eigenvalue weighted by Gasteiger charge is 1.97. The summed E-state index contributed by atoms with van der Waals surface area (Å²) < 4.78 is 0. The lowest BCUT2D eigenvalue weighted by atomic mass is 10.2. The van der Waals surface area contributed by atoms with Crippen molar-refractivity contribution in [1.29, 1.82) is 0 Å². The van der Waals surface area contributed by atoms with Gasteiger partial charge in [0.15, 0.2) is 0 Å².